The molecule has 0 radical (unpaired) electrons. The van der Waals surface area contributed by atoms with Crippen LogP contribution in [0.5, 0.6) is 5.75 Å². The summed E-state index contributed by atoms with van der Waals surface area (Å²) in [5, 5.41) is 0. The molecule has 1 saturated heterocycles. The minimum atomic E-state index is -0.276. The highest BCUT2D eigenvalue weighted by molar-refractivity contribution is 5.46. The highest BCUT2D eigenvalue weighted by atomic mass is 16.5. The molecule has 1 fully saturated rings. The molecule has 0 bridgehead atoms. The van der Waals surface area contributed by atoms with Crippen LogP contribution < -0.4 is 16.0 Å². The average Bonchev–Trinajstić information content (AvgIpc) is 2.80. The third-order valence-electron chi connectivity index (χ3n) is 4.03. The van der Waals surface area contributed by atoms with Crippen LogP contribution >= 0.6 is 0 Å². The lowest BCUT2D eigenvalue weighted by Crippen LogP contribution is -2.44. The van der Waals surface area contributed by atoms with E-state index in [4.69, 9.17) is 15.3 Å². The summed E-state index contributed by atoms with van der Waals surface area (Å²) in [6.45, 7) is 7.07. The number of ether oxygens (including phenoxy) is 2. The van der Waals surface area contributed by atoms with Crippen LogP contribution in [0.4, 0.5) is 0 Å². The summed E-state index contributed by atoms with van der Waals surface area (Å²) in [6, 6.07) is 4.14. The van der Waals surface area contributed by atoms with Gasteiger partial charge in [-0.15, -0.1) is 0 Å². The van der Waals surface area contributed by atoms with Crippen LogP contribution in [-0.2, 0) is 4.74 Å². The van der Waals surface area contributed by atoms with Gasteiger partial charge in [0, 0.05) is 12.2 Å². The summed E-state index contributed by atoms with van der Waals surface area (Å²) in [4.78, 5) is 0. The van der Waals surface area contributed by atoms with Crippen LogP contribution in [-0.4, -0.2) is 19.3 Å². The average molecular weight is 264 g/mol. The molecule has 1 aromatic carbocycles. The zero-order chi connectivity index (χ0) is 14.0. The lowest BCUT2D eigenvalue weighted by molar-refractivity contribution is -0.0133. The summed E-state index contributed by atoms with van der Waals surface area (Å²) in [7, 11) is 1.70. The first-order valence-electron chi connectivity index (χ1n) is 6.77. The summed E-state index contributed by atoms with van der Waals surface area (Å²) in [5.41, 5.74) is 6.12. The molecule has 2 rings (SSSR count). The third-order valence-corrected chi connectivity index (χ3v) is 4.03. The molecule has 0 aliphatic carbocycles. The number of benzene rings is 1. The van der Waals surface area contributed by atoms with Crippen molar-refractivity contribution in [2.75, 3.05) is 13.7 Å². The van der Waals surface area contributed by atoms with E-state index in [9.17, 15) is 0 Å². The van der Waals surface area contributed by atoms with E-state index in [0.29, 0.717) is 0 Å². The Balaban J connectivity index is 2.48. The molecular weight excluding hydrogens is 240 g/mol. The van der Waals surface area contributed by atoms with E-state index in [0.717, 1.165) is 30.8 Å². The van der Waals surface area contributed by atoms with Gasteiger partial charge in [-0.2, -0.15) is 0 Å². The fraction of sp³-hybridized carbons (Fsp3) is 0.600. The van der Waals surface area contributed by atoms with Crippen molar-refractivity contribution in [1.82, 2.24) is 5.43 Å². The predicted molar refractivity (Wildman–Crippen MR) is 76.1 cm³/mol. The van der Waals surface area contributed by atoms with Crippen molar-refractivity contribution in [3.63, 3.8) is 0 Å². The molecule has 4 nitrogen and oxygen atoms in total. The first-order valence-corrected chi connectivity index (χ1v) is 6.77. The number of nitrogens with two attached hydrogens (primary N) is 1. The minimum Gasteiger partial charge on any atom is -0.496 e. The van der Waals surface area contributed by atoms with Gasteiger partial charge in [0.1, 0.15) is 5.75 Å². The molecule has 0 aromatic heterocycles. The van der Waals surface area contributed by atoms with Gasteiger partial charge in [-0.25, -0.2) is 5.43 Å². The van der Waals surface area contributed by atoms with E-state index in [-0.39, 0.29) is 11.6 Å². The van der Waals surface area contributed by atoms with Crippen molar-refractivity contribution in [3.8, 4) is 5.75 Å². The fourth-order valence-corrected chi connectivity index (χ4v) is 3.07. The van der Waals surface area contributed by atoms with Gasteiger partial charge in [0.25, 0.3) is 0 Å². The second-order valence-corrected chi connectivity index (χ2v) is 5.56. The van der Waals surface area contributed by atoms with Gasteiger partial charge in [-0.1, -0.05) is 6.07 Å². The first-order chi connectivity index (χ1) is 9.01. The number of methoxy groups -OCH3 is 1. The summed E-state index contributed by atoms with van der Waals surface area (Å²) in [6.07, 6.45) is 2.07. The molecule has 1 heterocycles. The van der Waals surface area contributed by atoms with Gasteiger partial charge in [0.2, 0.25) is 0 Å². The van der Waals surface area contributed by atoms with E-state index in [1.165, 1.54) is 11.1 Å². The largest absolute Gasteiger partial charge is 0.496 e. The quantitative estimate of drug-likeness (QED) is 0.647. The Morgan fingerprint density at radius 1 is 1.42 bits per heavy atom. The van der Waals surface area contributed by atoms with Crippen molar-refractivity contribution in [1.29, 1.82) is 0 Å². The van der Waals surface area contributed by atoms with E-state index in [1.807, 2.05) is 6.07 Å². The van der Waals surface area contributed by atoms with Crippen molar-refractivity contribution in [2.45, 2.75) is 45.3 Å². The Hall–Kier alpha value is -1.10. The summed E-state index contributed by atoms with van der Waals surface area (Å²) in [5.74, 6) is 6.69. The molecule has 19 heavy (non-hydrogen) atoms. The lowest BCUT2D eigenvalue weighted by atomic mass is 9.85. The second kappa shape index (κ2) is 5.49. The number of nitrogens with one attached hydrogen (secondary N) is 1. The first kappa shape index (κ1) is 14.3. The fourth-order valence-electron chi connectivity index (χ4n) is 3.07. The molecule has 1 aliphatic rings. The van der Waals surface area contributed by atoms with Crippen LogP contribution in [0.3, 0.4) is 0 Å². The third kappa shape index (κ3) is 2.61. The summed E-state index contributed by atoms with van der Waals surface area (Å²) >= 11 is 0. The van der Waals surface area contributed by atoms with E-state index < -0.39 is 0 Å². The maximum absolute atomic E-state index is 5.93. The molecule has 2 atom stereocenters. The zero-order valence-electron chi connectivity index (χ0n) is 12.2. The van der Waals surface area contributed by atoms with Crippen LogP contribution in [0.25, 0.3) is 0 Å². The van der Waals surface area contributed by atoms with Gasteiger partial charge in [0.05, 0.1) is 18.8 Å². The topological polar surface area (TPSA) is 56.5 Å². The molecule has 1 aromatic rings. The van der Waals surface area contributed by atoms with Crippen molar-refractivity contribution in [2.24, 2.45) is 5.84 Å². The van der Waals surface area contributed by atoms with E-state index in [2.05, 4.69) is 32.3 Å². The standard InChI is InChI=1S/C15H24N2O2/c1-10-8-11(2)13(12(9-10)18-4)14(17-16)15(3)6-5-7-19-15/h8-9,14,17H,5-7,16H2,1-4H3. The van der Waals surface area contributed by atoms with Gasteiger partial charge in [0.15, 0.2) is 0 Å². The SMILES string of the molecule is COc1cc(C)cc(C)c1C(NN)C1(C)CCCO1. The normalized spacial score (nSPS) is 24.5. The zero-order valence-corrected chi connectivity index (χ0v) is 12.2. The molecule has 0 amide bonds. The van der Waals surface area contributed by atoms with E-state index in [1.54, 1.807) is 7.11 Å². The maximum Gasteiger partial charge on any atom is 0.124 e. The Morgan fingerprint density at radius 3 is 2.68 bits per heavy atom. The maximum atomic E-state index is 5.93. The summed E-state index contributed by atoms with van der Waals surface area (Å²) < 4.78 is 11.5. The van der Waals surface area contributed by atoms with Gasteiger partial charge in [-0.3, -0.25) is 5.84 Å². The molecule has 3 N–H and O–H groups in total. The van der Waals surface area contributed by atoms with Crippen LogP contribution in [0, 0.1) is 13.8 Å². The number of hydrazine groups is 1. The number of aryl methyl sites for hydroxylation is 2. The van der Waals surface area contributed by atoms with Crippen molar-refractivity contribution < 1.29 is 9.47 Å². The van der Waals surface area contributed by atoms with Crippen LogP contribution in [0.1, 0.15) is 42.5 Å². The van der Waals surface area contributed by atoms with Crippen LogP contribution in [0.15, 0.2) is 12.1 Å². The monoisotopic (exact) mass is 264 g/mol. The van der Waals surface area contributed by atoms with Gasteiger partial charge in [-0.05, 0) is 50.8 Å². The minimum absolute atomic E-state index is 0.0643. The number of hydrogen-bond donors (Lipinski definition) is 2. The molecule has 1 aliphatic heterocycles. The predicted octanol–water partition coefficient (Wildman–Crippen LogP) is 2.39. The molecular formula is C15H24N2O2. The van der Waals surface area contributed by atoms with Gasteiger partial charge < -0.3 is 9.47 Å². The highest BCUT2D eigenvalue weighted by Gasteiger charge is 2.40. The van der Waals surface area contributed by atoms with Crippen molar-refractivity contribution in [3.05, 3.63) is 28.8 Å². The second-order valence-electron chi connectivity index (χ2n) is 5.56. The smallest absolute Gasteiger partial charge is 0.124 e. The Morgan fingerprint density at radius 2 is 2.16 bits per heavy atom. The van der Waals surface area contributed by atoms with Crippen molar-refractivity contribution >= 4 is 0 Å². The molecule has 0 saturated carbocycles. The Kier molecular flexibility index (Phi) is 4.13. The lowest BCUT2D eigenvalue weighted by Gasteiger charge is -2.35. The molecule has 0 spiro atoms. The van der Waals surface area contributed by atoms with Gasteiger partial charge >= 0.3 is 0 Å². The van der Waals surface area contributed by atoms with Crippen LogP contribution in [0.2, 0.25) is 0 Å². The molecule has 2 unspecified atom stereocenters. The van der Waals surface area contributed by atoms with E-state index >= 15 is 0 Å². The number of hydrogen-bond acceptors (Lipinski definition) is 4. The highest BCUT2D eigenvalue weighted by Crippen LogP contribution is 2.41. The number of rotatable bonds is 4. The molecule has 106 valence electrons. The Labute approximate surface area is 115 Å². The Bertz CT molecular complexity index is 454. The molecule has 4 heteroatoms.